The molecule has 0 amide bonds. The number of methoxy groups -OCH3 is 2. The first-order chi connectivity index (χ1) is 11.6. The second-order valence-electron chi connectivity index (χ2n) is 6.73. The minimum absolute atomic E-state index is 0.550. The van der Waals surface area contributed by atoms with Crippen molar-refractivity contribution in [3.63, 3.8) is 0 Å². The molecule has 2 unspecified atom stereocenters. The van der Waals surface area contributed by atoms with Crippen LogP contribution in [0.2, 0.25) is 0 Å². The molecule has 1 fully saturated rings. The van der Waals surface area contributed by atoms with Crippen LogP contribution in [0.25, 0.3) is 0 Å². The first-order valence-corrected chi connectivity index (χ1v) is 8.87. The van der Waals surface area contributed by atoms with Crippen molar-refractivity contribution in [3.05, 3.63) is 23.8 Å². The third-order valence-corrected chi connectivity index (χ3v) is 4.73. The lowest BCUT2D eigenvalue weighted by Gasteiger charge is -2.25. The van der Waals surface area contributed by atoms with Crippen LogP contribution >= 0.6 is 0 Å². The van der Waals surface area contributed by atoms with Crippen molar-refractivity contribution >= 4 is 5.96 Å². The van der Waals surface area contributed by atoms with Crippen LogP contribution in [0.3, 0.4) is 0 Å². The number of nitrogens with zero attached hydrogens (tertiary/aromatic N) is 1. The highest BCUT2D eigenvalue weighted by molar-refractivity contribution is 5.77. The maximum absolute atomic E-state index is 5.99. The lowest BCUT2D eigenvalue weighted by molar-refractivity contribution is 0.289. The normalized spacial score (nSPS) is 21.4. The molecule has 1 aromatic carbocycles. The van der Waals surface area contributed by atoms with Crippen LogP contribution in [0.1, 0.15) is 38.2 Å². The number of benzene rings is 1. The first-order valence-electron chi connectivity index (χ1n) is 8.87. The molecule has 1 aliphatic carbocycles. The van der Waals surface area contributed by atoms with Crippen molar-refractivity contribution in [2.45, 2.75) is 39.0 Å². The largest absolute Gasteiger partial charge is 0.493 e. The minimum atomic E-state index is 0.550. The first kappa shape index (κ1) is 18.4. The average molecular weight is 333 g/mol. The molecule has 1 aliphatic rings. The van der Waals surface area contributed by atoms with Gasteiger partial charge in [0.1, 0.15) is 0 Å². The van der Waals surface area contributed by atoms with Crippen LogP contribution in [0.4, 0.5) is 0 Å². The molecule has 0 radical (unpaired) electrons. The Labute approximate surface area is 145 Å². The summed E-state index contributed by atoms with van der Waals surface area (Å²) < 4.78 is 10.6. The Morgan fingerprint density at radius 1 is 1.25 bits per heavy atom. The Kier molecular flexibility index (Phi) is 7.22. The van der Waals surface area contributed by atoms with Crippen molar-refractivity contribution in [1.82, 2.24) is 5.32 Å². The van der Waals surface area contributed by atoms with Crippen molar-refractivity contribution in [1.29, 1.82) is 0 Å². The molecule has 24 heavy (non-hydrogen) atoms. The van der Waals surface area contributed by atoms with Crippen molar-refractivity contribution in [3.8, 4) is 11.5 Å². The molecule has 0 aromatic heterocycles. The van der Waals surface area contributed by atoms with Gasteiger partial charge in [0, 0.05) is 13.1 Å². The summed E-state index contributed by atoms with van der Waals surface area (Å²) in [7, 11) is 3.29. The predicted molar refractivity (Wildman–Crippen MR) is 98.9 cm³/mol. The summed E-state index contributed by atoms with van der Waals surface area (Å²) in [4.78, 5) is 4.51. The maximum Gasteiger partial charge on any atom is 0.188 e. The van der Waals surface area contributed by atoms with E-state index in [1.165, 1.54) is 31.2 Å². The Morgan fingerprint density at radius 2 is 2.04 bits per heavy atom. The summed E-state index contributed by atoms with van der Waals surface area (Å²) in [6, 6.07) is 5.97. The lowest BCUT2D eigenvalue weighted by atomic mass is 9.82. The van der Waals surface area contributed by atoms with E-state index < -0.39 is 0 Å². The summed E-state index contributed by atoms with van der Waals surface area (Å²) in [6.07, 6.45) is 6.11. The van der Waals surface area contributed by atoms with Gasteiger partial charge in [0.15, 0.2) is 17.5 Å². The second-order valence-corrected chi connectivity index (χ2v) is 6.73. The van der Waals surface area contributed by atoms with Crippen LogP contribution in [0.5, 0.6) is 11.5 Å². The number of guanidine groups is 1. The van der Waals surface area contributed by atoms with Gasteiger partial charge >= 0.3 is 0 Å². The molecule has 0 heterocycles. The molecule has 5 heteroatoms. The van der Waals surface area contributed by atoms with Crippen molar-refractivity contribution < 1.29 is 9.47 Å². The van der Waals surface area contributed by atoms with Gasteiger partial charge in [-0.3, -0.25) is 4.99 Å². The van der Waals surface area contributed by atoms with E-state index in [-0.39, 0.29) is 0 Å². The third-order valence-electron chi connectivity index (χ3n) is 4.73. The number of nitrogens with one attached hydrogen (secondary N) is 1. The van der Waals surface area contributed by atoms with E-state index in [9.17, 15) is 0 Å². The highest BCUT2D eigenvalue weighted by atomic mass is 16.5. The number of nitrogens with two attached hydrogens (primary N) is 1. The van der Waals surface area contributed by atoms with Crippen LogP contribution < -0.4 is 20.5 Å². The molecule has 1 aromatic rings. The number of aliphatic imine (C=N–C) groups is 1. The van der Waals surface area contributed by atoms with Crippen LogP contribution in [-0.2, 0) is 6.42 Å². The van der Waals surface area contributed by atoms with Gasteiger partial charge in [-0.25, -0.2) is 0 Å². The van der Waals surface area contributed by atoms with E-state index in [1.54, 1.807) is 14.2 Å². The standard InChI is InChI=1S/C19H31N3O2/c1-14-5-4-6-16(11-14)13-22-19(20)21-10-9-15-7-8-17(23-2)18(12-15)24-3/h7-8,12,14,16H,4-6,9-11,13H2,1-3H3,(H3,20,21,22). The van der Waals surface area contributed by atoms with E-state index in [4.69, 9.17) is 15.2 Å². The number of hydrogen-bond acceptors (Lipinski definition) is 3. The zero-order chi connectivity index (χ0) is 17.4. The Hall–Kier alpha value is -1.91. The van der Waals surface area contributed by atoms with Crippen LogP contribution in [-0.4, -0.2) is 33.3 Å². The molecule has 2 rings (SSSR count). The summed E-state index contributed by atoms with van der Waals surface area (Å²) in [5, 5.41) is 3.20. The van der Waals surface area contributed by atoms with Gasteiger partial charge in [0.05, 0.1) is 14.2 Å². The number of ether oxygens (including phenoxy) is 2. The van der Waals surface area contributed by atoms with Gasteiger partial charge < -0.3 is 20.5 Å². The maximum atomic E-state index is 5.99. The fourth-order valence-corrected chi connectivity index (χ4v) is 3.38. The van der Waals surface area contributed by atoms with Crippen LogP contribution in [0.15, 0.2) is 23.2 Å². The Morgan fingerprint density at radius 3 is 2.75 bits per heavy atom. The molecule has 0 saturated heterocycles. The van der Waals surface area contributed by atoms with Crippen LogP contribution in [0, 0.1) is 11.8 Å². The molecule has 134 valence electrons. The van der Waals surface area contributed by atoms with Crippen molar-refractivity contribution in [2.75, 3.05) is 27.3 Å². The van der Waals surface area contributed by atoms with Gasteiger partial charge in [-0.15, -0.1) is 0 Å². The van der Waals surface area contributed by atoms with E-state index >= 15 is 0 Å². The quantitative estimate of drug-likeness (QED) is 0.594. The number of rotatable bonds is 7. The average Bonchev–Trinajstić information content (AvgIpc) is 2.60. The zero-order valence-electron chi connectivity index (χ0n) is 15.2. The SMILES string of the molecule is COc1ccc(CCNC(N)=NCC2CCCC(C)C2)cc1OC. The molecule has 0 aliphatic heterocycles. The molecule has 0 spiro atoms. The zero-order valence-corrected chi connectivity index (χ0v) is 15.2. The molecule has 1 saturated carbocycles. The van der Waals surface area contributed by atoms with Crippen molar-refractivity contribution in [2.24, 2.45) is 22.6 Å². The van der Waals surface area contributed by atoms with Gasteiger partial charge in [0.25, 0.3) is 0 Å². The fourth-order valence-electron chi connectivity index (χ4n) is 3.38. The second kappa shape index (κ2) is 9.40. The monoisotopic (exact) mass is 333 g/mol. The van der Waals surface area contributed by atoms with Gasteiger partial charge in [-0.05, 0) is 48.8 Å². The molecule has 3 N–H and O–H groups in total. The Bertz CT molecular complexity index is 545. The number of hydrogen-bond donors (Lipinski definition) is 2. The summed E-state index contributed by atoms with van der Waals surface area (Å²) in [6.45, 7) is 3.94. The van der Waals surface area contributed by atoms with E-state index in [1.807, 2.05) is 18.2 Å². The topological polar surface area (TPSA) is 68.9 Å². The highest BCUT2D eigenvalue weighted by Crippen LogP contribution is 2.29. The van der Waals surface area contributed by atoms with Gasteiger partial charge in [-0.1, -0.05) is 25.8 Å². The third kappa shape index (κ3) is 5.62. The van der Waals surface area contributed by atoms with E-state index in [0.717, 1.165) is 36.9 Å². The lowest BCUT2D eigenvalue weighted by Crippen LogP contribution is -2.34. The molecule has 0 bridgehead atoms. The molecular weight excluding hydrogens is 302 g/mol. The molecule has 5 nitrogen and oxygen atoms in total. The molecule has 2 atom stereocenters. The summed E-state index contributed by atoms with van der Waals surface area (Å²) in [5.74, 6) is 3.58. The smallest absolute Gasteiger partial charge is 0.188 e. The predicted octanol–water partition coefficient (Wildman–Crippen LogP) is 2.98. The van der Waals surface area contributed by atoms with E-state index in [2.05, 4.69) is 17.2 Å². The summed E-state index contributed by atoms with van der Waals surface area (Å²) in [5.41, 5.74) is 7.16. The highest BCUT2D eigenvalue weighted by Gasteiger charge is 2.18. The Balaban J connectivity index is 1.75. The van der Waals surface area contributed by atoms with E-state index in [0.29, 0.717) is 11.9 Å². The minimum Gasteiger partial charge on any atom is -0.493 e. The van der Waals surface area contributed by atoms with Gasteiger partial charge in [-0.2, -0.15) is 0 Å². The molecular formula is C19H31N3O2. The van der Waals surface area contributed by atoms with Gasteiger partial charge in [0.2, 0.25) is 0 Å². The summed E-state index contributed by atoms with van der Waals surface area (Å²) >= 11 is 0. The fraction of sp³-hybridized carbons (Fsp3) is 0.632.